The van der Waals surface area contributed by atoms with E-state index in [4.69, 9.17) is 4.74 Å². The summed E-state index contributed by atoms with van der Waals surface area (Å²) in [7, 11) is 1.41. The average Bonchev–Trinajstić information content (AvgIpc) is 1.94. The van der Waals surface area contributed by atoms with Gasteiger partial charge in [0.05, 0.1) is 6.61 Å². The second kappa shape index (κ2) is 3.20. The minimum absolute atomic E-state index is 0.354. The fourth-order valence-corrected chi connectivity index (χ4v) is 0.783. The predicted octanol–water partition coefficient (Wildman–Crippen LogP) is 0.326. The molecule has 10 heavy (non-hydrogen) atoms. The molecule has 0 saturated carbocycles. The van der Waals surface area contributed by atoms with E-state index in [1.54, 1.807) is 0 Å². The van der Waals surface area contributed by atoms with Gasteiger partial charge in [-0.15, -0.1) is 0 Å². The van der Waals surface area contributed by atoms with Gasteiger partial charge in [-0.3, -0.25) is 0 Å². The fraction of sp³-hybridized carbons (Fsp3) is 0.667. The minimum atomic E-state index is -0.354. The van der Waals surface area contributed by atoms with Crippen LogP contribution in [0.3, 0.4) is 0 Å². The standard InChI is InChI=1S/C6H9NO3/c1-9-7-5-3-2-4-10-6(5)8/h2-4H2,1H3/b7-5+. The van der Waals surface area contributed by atoms with Crippen LogP contribution >= 0.6 is 0 Å². The Kier molecular flexibility index (Phi) is 2.25. The van der Waals surface area contributed by atoms with Gasteiger partial charge in [0.25, 0.3) is 0 Å². The van der Waals surface area contributed by atoms with Gasteiger partial charge in [0.15, 0.2) is 5.71 Å². The lowest BCUT2D eigenvalue weighted by Crippen LogP contribution is -2.24. The quantitative estimate of drug-likeness (QED) is 0.392. The number of nitrogens with zero attached hydrogens (tertiary/aromatic N) is 1. The third-order valence-electron chi connectivity index (χ3n) is 1.23. The van der Waals surface area contributed by atoms with Crippen LogP contribution in [-0.4, -0.2) is 25.4 Å². The first-order chi connectivity index (χ1) is 4.84. The van der Waals surface area contributed by atoms with E-state index in [2.05, 4.69) is 9.99 Å². The number of hydrogen-bond acceptors (Lipinski definition) is 4. The van der Waals surface area contributed by atoms with Gasteiger partial charge in [-0.25, -0.2) is 4.79 Å². The number of rotatable bonds is 1. The maximum atomic E-state index is 10.8. The van der Waals surface area contributed by atoms with Crippen LogP contribution in [0.2, 0.25) is 0 Å². The van der Waals surface area contributed by atoms with Crippen LogP contribution in [-0.2, 0) is 14.4 Å². The van der Waals surface area contributed by atoms with Crippen LogP contribution in [0.1, 0.15) is 12.8 Å². The zero-order valence-corrected chi connectivity index (χ0v) is 5.79. The monoisotopic (exact) mass is 143 g/mol. The summed E-state index contributed by atoms with van der Waals surface area (Å²) in [5.74, 6) is -0.354. The Morgan fingerprint density at radius 1 is 1.70 bits per heavy atom. The number of cyclic esters (lactones) is 1. The van der Waals surface area contributed by atoms with Crippen molar-refractivity contribution in [1.29, 1.82) is 0 Å². The Balaban J connectivity index is 2.56. The summed E-state index contributed by atoms with van der Waals surface area (Å²) < 4.78 is 4.69. The number of esters is 1. The molecule has 0 aliphatic carbocycles. The highest BCUT2D eigenvalue weighted by molar-refractivity contribution is 6.36. The molecule has 0 aromatic heterocycles. The highest BCUT2D eigenvalue weighted by Gasteiger charge is 2.18. The van der Waals surface area contributed by atoms with Crippen LogP contribution in [0.15, 0.2) is 5.16 Å². The molecule has 0 N–H and O–H groups in total. The first-order valence-electron chi connectivity index (χ1n) is 3.11. The molecule has 0 aromatic rings. The van der Waals surface area contributed by atoms with Gasteiger partial charge in [-0.05, 0) is 6.42 Å². The second-order valence-electron chi connectivity index (χ2n) is 1.96. The fourth-order valence-electron chi connectivity index (χ4n) is 0.783. The van der Waals surface area contributed by atoms with Crippen molar-refractivity contribution in [3.63, 3.8) is 0 Å². The molecule has 0 radical (unpaired) electrons. The molecule has 1 rings (SSSR count). The van der Waals surface area contributed by atoms with E-state index in [1.165, 1.54) is 7.11 Å². The van der Waals surface area contributed by atoms with E-state index in [1.807, 2.05) is 0 Å². The van der Waals surface area contributed by atoms with E-state index in [0.29, 0.717) is 18.7 Å². The van der Waals surface area contributed by atoms with Crippen LogP contribution in [0.4, 0.5) is 0 Å². The third kappa shape index (κ3) is 1.46. The highest BCUT2D eigenvalue weighted by Crippen LogP contribution is 2.03. The van der Waals surface area contributed by atoms with Crippen molar-refractivity contribution < 1.29 is 14.4 Å². The van der Waals surface area contributed by atoms with E-state index in [0.717, 1.165) is 6.42 Å². The Morgan fingerprint density at radius 2 is 2.50 bits per heavy atom. The summed E-state index contributed by atoms with van der Waals surface area (Å²) in [6, 6.07) is 0. The summed E-state index contributed by atoms with van der Waals surface area (Å²) >= 11 is 0. The molecule has 1 saturated heterocycles. The molecule has 0 aromatic carbocycles. The van der Waals surface area contributed by atoms with Gasteiger partial charge in [0.1, 0.15) is 7.11 Å². The maximum absolute atomic E-state index is 10.8. The molecule has 0 bridgehead atoms. The highest BCUT2D eigenvalue weighted by atomic mass is 16.6. The summed E-state index contributed by atoms with van der Waals surface area (Å²) in [5.41, 5.74) is 0.383. The molecule has 1 heterocycles. The lowest BCUT2D eigenvalue weighted by molar-refractivity contribution is -0.137. The normalized spacial score (nSPS) is 22.5. The van der Waals surface area contributed by atoms with Crippen molar-refractivity contribution in [2.24, 2.45) is 5.16 Å². The smallest absolute Gasteiger partial charge is 0.356 e. The lowest BCUT2D eigenvalue weighted by atomic mass is 10.2. The van der Waals surface area contributed by atoms with Crippen LogP contribution in [0.25, 0.3) is 0 Å². The molecule has 0 spiro atoms. The topological polar surface area (TPSA) is 47.9 Å². The largest absolute Gasteiger partial charge is 0.461 e. The summed E-state index contributed by atoms with van der Waals surface area (Å²) in [6.07, 6.45) is 1.50. The Labute approximate surface area is 58.8 Å². The second-order valence-corrected chi connectivity index (χ2v) is 1.96. The average molecular weight is 143 g/mol. The zero-order chi connectivity index (χ0) is 7.40. The van der Waals surface area contributed by atoms with Crippen molar-refractivity contribution in [3.05, 3.63) is 0 Å². The van der Waals surface area contributed by atoms with Gasteiger partial charge in [-0.2, -0.15) is 0 Å². The summed E-state index contributed by atoms with van der Waals surface area (Å²) in [5, 5.41) is 3.51. The number of oxime groups is 1. The molecule has 0 atom stereocenters. The Bertz CT molecular complexity index is 164. The Hall–Kier alpha value is -1.06. The molecular weight excluding hydrogens is 134 g/mol. The van der Waals surface area contributed by atoms with Crippen LogP contribution < -0.4 is 0 Å². The van der Waals surface area contributed by atoms with Crippen molar-refractivity contribution in [2.45, 2.75) is 12.8 Å². The van der Waals surface area contributed by atoms with Gasteiger partial charge in [0, 0.05) is 6.42 Å². The molecule has 4 nitrogen and oxygen atoms in total. The third-order valence-corrected chi connectivity index (χ3v) is 1.23. The molecule has 1 fully saturated rings. The molecule has 0 amide bonds. The van der Waals surface area contributed by atoms with E-state index < -0.39 is 0 Å². The van der Waals surface area contributed by atoms with Crippen LogP contribution in [0, 0.1) is 0 Å². The van der Waals surface area contributed by atoms with Gasteiger partial charge < -0.3 is 9.57 Å². The lowest BCUT2D eigenvalue weighted by Gasteiger charge is -2.10. The van der Waals surface area contributed by atoms with Crippen LogP contribution in [0.5, 0.6) is 0 Å². The molecule has 56 valence electrons. The molecule has 1 aliphatic rings. The number of carbonyl (C=O) groups excluding carboxylic acids is 1. The van der Waals surface area contributed by atoms with E-state index in [-0.39, 0.29) is 5.97 Å². The van der Waals surface area contributed by atoms with Crippen molar-refractivity contribution in [2.75, 3.05) is 13.7 Å². The molecule has 0 unspecified atom stereocenters. The zero-order valence-electron chi connectivity index (χ0n) is 5.79. The number of ether oxygens (including phenoxy) is 1. The first-order valence-corrected chi connectivity index (χ1v) is 3.11. The first kappa shape index (κ1) is 7.05. The number of hydrogen-bond donors (Lipinski definition) is 0. The van der Waals surface area contributed by atoms with Crippen molar-refractivity contribution in [1.82, 2.24) is 0 Å². The molecule has 4 heteroatoms. The van der Waals surface area contributed by atoms with Gasteiger partial charge in [0.2, 0.25) is 0 Å². The van der Waals surface area contributed by atoms with E-state index >= 15 is 0 Å². The van der Waals surface area contributed by atoms with Crippen molar-refractivity contribution >= 4 is 11.7 Å². The van der Waals surface area contributed by atoms with Gasteiger partial charge >= 0.3 is 5.97 Å². The summed E-state index contributed by atoms with van der Waals surface area (Å²) in [4.78, 5) is 15.2. The number of carbonyl (C=O) groups is 1. The van der Waals surface area contributed by atoms with Gasteiger partial charge in [-0.1, -0.05) is 5.16 Å². The summed E-state index contributed by atoms with van der Waals surface area (Å²) in [6.45, 7) is 0.502. The minimum Gasteiger partial charge on any atom is -0.461 e. The van der Waals surface area contributed by atoms with Crippen molar-refractivity contribution in [3.8, 4) is 0 Å². The molecular formula is C6H9NO3. The Morgan fingerprint density at radius 3 is 3.10 bits per heavy atom. The SMILES string of the molecule is CO/N=C1\CCCOC1=O. The molecule has 1 aliphatic heterocycles. The maximum Gasteiger partial charge on any atom is 0.356 e. The van der Waals surface area contributed by atoms with E-state index in [9.17, 15) is 4.79 Å². The predicted molar refractivity (Wildman–Crippen MR) is 34.6 cm³/mol.